The molecule has 0 saturated carbocycles. The van der Waals surface area contributed by atoms with E-state index in [1.165, 1.54) is 6.92 Å². The average Bonchev–Trinajstić information content (AvgIpc) is 2.17. The van der Waals surface area contributed by atoms with Gasteiger partial charge in [-0.2, -0.15) is 0 Å². The van der Waals surface area contributed by atoms with Crippen LogP contribution in [0.5, 0.6) is 0 Å². The molecular formula is C7H6Br2O3. The molecule has 1 atom stereocenters. The van der Waals surface area contributed by atoms with Crippen LogP contribution in [0.25, 0.3) is 0 Å². The fourth-order valence-corrected chi connectivity index (χ4v) is 1.63. The third-order valence-electron chi connectivity index (χ3n) is 1.39. The second kappa shape index (κ2) is 3.70. The highest BCUT2D eigenvalue weighted by Crippen LogP contribution is 2.32. The summed E-state index contributed by atoms with van der Waals surface area (Å²) in [4.78, 5) is 21.6. The van der Waals surface area contributed by atoms with E-state index in [9.17, 15) is 9.59 Å². The fourth-order valence-electron chi connectivity index (χ4n) is 0.864. The van der Waals surface area contributed by atoms with Crippen molar-refractivity contribution in [2.75, 3.05) is 0 Å². The Balaban J connectivity index is 2.73. The van der Waals surface area contributed by atoms with Crippen LogP contribution in [0.2, 0.25) is 0 Å². The van der Waals surface area contributed by atoms with E-state index >= 15 is 0 Å². The van der Waals surface area contributed by atoms with Gasteiger partial charge in [-0.25, -0.2) is 4.79 Å². The molecule has 0 saturated heterocycles. The Labute approximate surface area is 86.4 Å². The molecule has 0 radical (unpaired) electrons. The first-order valence-corrected chi connectivity index (χ1v) is 4.86. The number of ether oxygens (including phenoxy) is 1. The van der Waals surface area contributed by atoms with Crippen molar-refractivity contribution in [2.24, 2.45) is 0 Å². The topological polar surface area (TPSA) is 43.4 Å². The monoisotopic (exact) mass is 296 g/mol. The van der Waals surface area contributed by atoms with Crippen molar-refractivity contribution < 1.29 is 14.3 Å². The average molecular weight is 298 g/mol. The Hall–Kier alpha value is -0.160. The molecule has 1 rings (SSSR count). The molecule has 1 heterocycles. The van der Waals surface area contributed by atoms with Crippen LogP contribution in [0.1, 0.15) is 13.3 Å². The van der Waals surface area contributed by atoms with Crippen LogP contribution in [0.15, 0.2) is 8.96 Å². The number of esters is 1. The van der Waals surface area contributed by atoms with Crippen molar-refractivity contribution in [3.63, 3.8) is 0 Å². The summed E-state index contributed by atoms with van der Waals surface area (Å²) in [6.45, 7) is 1.46. The maximum atomic E-state index is 10.9. The number of hydrogen-bond donors (Lipinski definition) is 0. The second-order valence-corrected chi connectivity index (χ2v) is 4.11. The number of cyclic esters (lactones) is 1. The van der Waals surface area contributed by atoms with Crippen LogP contribution in [0, 0.1) is 0 Å². The van der Waals surface area contributed by atoms with Crippen LogP contribution >= 0.6 is 31.9 Å². The van der Waals surface area contributed by atoms with Gasteiger partial charge in [-0.15, -0.1) is 0 Å². The van der Waals surface area contributed by atoms with Gasteiger partial charge >= 0.3 is 5.97 Å². The zero-order valence-corrected chi connectivity index (χ0v) is 9.44. The molecule has 0 aromatic rings. The van der Waals surface area contributed by atoms with Crippen molar-refractivity contribution in [1.29, 1.82) is 0 Å². The molecule has 0 N–H and O–H groups in total. The number of rotatable bonds is 2. The summed E-state index contributed by atoms with van der Waals surface area (Å²) in [5.41, 5.74) is 0. The zero-order valence-electron chi connectivity index (χ0n) is 6.27. The Morgan fingerprint density at radius 1 is 1.58 bits per heavy atom. The summed E-state index contributed by atoms with van der Waals surface area (Å²) >= 11 is 6.22. The Bertz CT molecular complexity index is 270. The molecule has 3 nitrogen and oxygen atoms in total. The highest BCUT2D eigenvalue weighted by atomic mass is 79.9. The van der Waals surface area contributed by atoms with Crippen LogP contribution in [-0.4, -0.2) is 17.9 Å². The molecule has 1 aliphatic heterocycles. The number of Topliss-reactive ketones (excluding diaryl/α,β-unsaturated/α-hetero) is 1. The van der Waals surface area contributed by atoms with Crippen LogP contribution in [-0.2, 0) is 14.3 Å². The number of ketones is 1. The molecule has 0 spiro atoms. The Morgan fingerprint density at radius 3 is 2.50 bits per heavy atom. The number of carbonyl (C=O) groups excluding carboxylic acids is 2. The molecule has 0 fully saturated rings. The molecule has 0 aromatic heterocycles. The predicted octanol–water partition coefficient (Wildman–Crippen LogP) is 1.89. The van der Waals surface area contributed by atoms with Crippen LogP contribution in [0.4, 0.5) is 0 Å². The van der Waals surface area contributed by atoms with Crippen molar-refractivity contribution in [1.82, 2.24) is 0 Å². The SMILES string of the molecule is CC(=O)C[C@H]1OC(=O)C(Br)=C1Br. The maximum absolute atomic E-state index is 10.9. The molecule has 0 bridgehead atoms. The molecular weight excluding hydrogens is 292 g/mol. The molecule has 1 aliphatic rings. The van der Waals surface area contributed by atoms with E-state index in [0.717, 1.165) is 0 Å². The zero-order chi connectivity index (χ0) is 9.30. The smallest absolute Gasteiger partial charge is 0.346 e. The van der Waals surface area contributed by atoms with Gasteiger partial charge in [-0.05, 0) is 22.9 Å². The second-order valence-electron chi connectivity index (χ2n) is 2.46. The normalized spacial score (nSPS) is 22.9. The lowest BCUT2D eigenvalue weighted by Gasteiger charge is -2.06. The predicted molar refractivity (Wildman–Crippen MR) is 50.1 cm³/mol. The summed E-state index contributed by atoms with van der Waals surface area (Å²) in [5, 5.41) is 0. The highest BCUT2D eigenvalue weighted by Gasteiger charge is 2.31. The summed E-state index contributed by atoms with van der Waals surface area (Å²) in [7, 11) is 0. The highest BCUT2D eigenvalue weighted by molar-refractivity contribution is 9.14. The van der Waals surface area contributed by atoms with E-state index in [-0.39, 0.29) is 12.2 Å². The van der Waals surface area contributed by atoms with Crippen LogP contribution < -0.4 is 0 Å². The Morgan fingerprint density at radius 2 is 2.17 bits per heavy atom. The molecule has 0 unspecified atom stereocenters. The van der Waals surface area contributed by atoms with Gasteiger partial charge in [0.15, 0.2) is 0 Å². The van der Waals surface area contributed by atoms with Gasteiger partial charge in [-0.3, -0.25) is 4.79 Å². The minimum atomic E-state index is -0.440. The minimum Gasteiger partial charge on any atom is -0.452 e. The molecule has 0 aliphatic carbocycles. The van der Waals surface area contributed by atoms with Crippen LogP contribution in [0.3, 0.4) is 0 Å². The first kappa shape index (κ1) is 9.92. The summed E-state index contributed by atoms with van der Waals surface area (Å²) in [5.74, 6) is -0.430. The van der Waals surface area contributed by atoms with Gasteiger partial charge in [0.2, 0.25) is 0 Å². The van der Waals surface area contributed by atoms with E-state index < -0.39 is 12.1 Å². The summed E-state index contributed by atoms with van der Waals surface area (Å²) in [6, 6.07) is 0. The molecule has 66 valence electrons. The van der Waals surface area contributed by atoms with E-state index in [1.807, 2.05) is 0 Å². The number of hydrogen-bond acceptors (Lipinski definition) is 3. The number of carbonyl (C=O) groups is 2. The first-order valence-electron chi connectivity index (χ1n) is 3.28. The third-order valence-corrected chi connectivity index (χ3v) is 3.58. The lowest BCUT2D eigenvalue weighted by atomic mass is 10.2. The minimum absolute atomic E-state index is 0.00745. The Kier molecular flexibility index (Phi) is 3.06. The molecule has 0 aromatic carbocycles. The summed E-state index contributed by atoms with van der Waals surface area (Å²) in [6.07, 6.45) is -0.217. The lowest BCUT2D eigenvalue weighted by molar-refractivity contribution is -0.139. The molecule has 5 heteroatoms. The van der Waals surface area contributed by atoms with E-state index in [1.54, 1.807) is 0 Å². The van der Waals surface area contributed by atoms with Gasteiger partial charge in [0, 0.05) is 6.42 Å². The van der Waals surface area contributed by atoms with Crippen molar-refractivity contribution in [3.8, 4) is 0 Å². The first-order chi connectivity index (χ1) is 5.52. The van der Waals surface area contributed by atoms with Crippen molar-refractivity contribution >= 4 is 43.6 Å². The van der Waals surface area contributed by atoms with Gasteiger partial charge in [-0.1, -0.05) is 15.9 Å². The van der Waals surface area contributed by atoms with E-state index in [4.69, 9.17) is 4.74 Å². The molecule has 0 amide bonds. The third kappa shape index (κ3) is 1.95. The largest absolute Gasteiger partial charge is 0.452 e. The maximum Gasteiger partial charge on any atom is 0.346 e. The molecule has 12 heavy (non-hydrogen) atoms. The van der Waals surface area contributed by atoms with Gasteiger partial charge < -0.3 is 4.74 Å². The van der Waals surface area contributed by atoms with Gasteiger partial charge in [0.1, 0.15) is 16.4 Å². The quantitative estimate of drug-likeness (QED) is 0.731. The summed E-state index contributed by atoms with van der Waals surface area (Å²) < 4.78 is 5.85. The lowest BCUT2D eigenvalue weighted by Crippen LogP contribution is -2.13. The van der Waals surface area contributed by atoms with E-state index in [0.29, 0.717) is 8.96 Å². The van der Waals surface area contributed by atoms with Gasteiger partial charge in [0.05, 0.1) is 4.48 Å². The number of halogens is 2. The fraction of sp³-hybridized carbons (Fsp3) is 0.429. The van der Waals surface area contributed by atoms with Gasteiger partial charge in [0.25, 0.3) is 0 Å². The van der Waals surface area contributed by atoms with Crippen molar-refractivity contribution in [3.05, 3.63) is 8.96 Å². The standard InChI is InChI=1S/C7H6Br2O3/c1-3(10)2-4-5(8)6(9)7(11)12-4/h4H,2H2,1H3/t4-/m1/s1. The van der Waals surface area contributed by atoms with Crippen molar-refractivity contribution in [2.45, 2.75) is 19.4 Å². The van der Waals surface area contributed by atoms with E-state index in [2.05, 4.69) is 31.9 Å².